The van der Waals surface area contributed by atoms with Gasteiger partial charge in [-0.15, -0.1) is 11.8 Å². The number of esters is 2. The maximum absolute atomic E-state index is 13.3. The highest BCUT2D eigenvalue weighted by Gasteiger charge is 2.66. The molecular weight excluding hydrogens is 472 g/mol. The van der Waals surface area contributed by atoms with E-state index in [-0.39, 0.29) is 13.2 Å². The molecule has 2 aromatic carbocycles. The van der Waals surface area contributed by atoms with Crippen LogP contribution >= 0.6 is 11.8 Å². The van der Waals surface area contributed by atoms with Gasteiger partial charge in [0.05, 0.1) is 7.11 Å². The number of thioether (sulfide) groups is 1. The maximum atomic E-state index is 13.3. The quantitative estimate of drug-likeness (QED) is 0.336. The van der Waals surface area contributed by atoms with E-state index in [4.69, 9.17) is 14.2 Å². The Morgan fingerprint density at radius 3 is 2.34 bits per heavy atom. The Morgan fingerprint density at radius 2 is 1.69 bits per heavy atom. The van der Waals surface area contributed by atoms with Crippen LogP contribution in [0.1, 0.15) is 12.5 Å². The van der Waals surface area contributed by atoms with Gasteiger partial charge in [-0.3, -0.25) is 14.5 Å². The van der Waals surface area contributed by atoms with Crippen molar-refractivity contribution in [2.24, 2.45) is 0 Å². The molecule has 9 nitrogen and oxygen atoms in total. The first-order chi connectivity index (χ1) is 16.9. The molecule has 1 fully saturated rings. The number of benzene rings is 2. The molecule has 0 unspecified atom stereocenters. The summed E-state index contributed by atoms with van der Waals surface area (Å²) in [5, 5.41) is 1.94. The van der Waals surface area contributed by atoms with Crippen molar-refractivity contribution in [1.29, 1.82) is 0 Å². The number of carbonyl (C=O) groups excluding carboxylic acids is 4. The number of methoxy groups -OCH3 is 1. The Hall–Kier alpha value is -3.79. The first-order valence-corrected chi connectivity index (χ1v) is 11.7. The van der Waals surface area contributed by atoms with E-state index >= 15 is 0 Å². The molecule has 182 valence electrons. The Labute approximate surface area is 206 Å². The van der Waals surface area contributed by atoms with Crippen LogP contribution in [0.25, 0.3) is 0 Å². The predicted octanol–water partition coefficient (Wildman–Crippen LogP) is 2.02. The molecule has 35 heavy (non-hydrogen) atoms. The Morgan fingerprint density at radius 1 is 1.03 bits per heavy atom. The fourth-order valence-corrected chi connectivity index (χ4v) is 5.26. The Bertz CT molecular complexity index is 1150. The summed E-state index contributed by atoms with van der Waals surface area (Å²) in [5.41, 5.74) is -1.36. The predicted molar refractivity (Wildman–Crippen MR) is 127 cm³/mol. The van der Waals surface area contributed by atoms with Crippen LogP contribution in [0.2, 0.25) is 0 Å². The Kier molecular flexibility index (Phi) is 7.11. The third-order valence-corrected chi connectivity index (χ3v) is 6.81. The van der Waals surface area contributed by atoms with E-state index in [1.54, 1.807) is 55.5 Å². The molecule has 2 aliphatic rings. The molecule has 10 heteroatoms. The number of rotatable bonds is 8. The van der Waals surface area contributed by atoms with Crippen molar-refractivity contribution in [2.45, 2.75) is 30.5 Å². The molecule has 1 saturated heterocycles. The van der Waals surface area contributed by atoms with E-state index in [2.05, 4.69) is 5.32 Å². The summed E-state index contributed by atoms with van der Waals surface area (Å²) < 4.78 is 15.8. The van der Waals surface area contributed by atoms with Gasteiger partial charge in [0, 0.05) is 0 Å². The lowest BCUT2D eigenvalue weighted by Crippen LogP contribution is -2.79. The fourth-order valence-electron chi connectivity index (χ4n) is 3.95. The van der Waals surface area contributed by atoms with Crippen LogP contribution in [0.4, 0.5) is 0 Å². The summed E-state index contributed by atoms with van der Waals surface area (Å²) in [6.45, 7) is 1.34. The van der Waals surface area contributed by atoms with Crippen molar-refractivity contribution in [3.8, 4) is 5.75 Å². The number of para-hydroxylation sites is 1. The molecular formula is C25H24N2O7S. The molecule has 1 N–H and O–H groups in total. The van der Waals surface area contributed by atoms with Crippen LogP contribution in [-0.2, 0) is 35.3 Å². The monoisotopic (exact) mass is 496 g/mol. The molecule has 0 aliphatic carbocycles. The third-order valence-electron chi connectivity index (χ3n) is 5.59. The van der Waals surface area contributed by atoms with Gasteiger partial charge in [-0.2, -0.15) is 0 Å². The number of carbonyl (C=O) groups is 4. The second-order valence-electron chi connectivity index (χ2n) is 7.94. The minimum Gasteiger partial charge on any atom is -0.484 e. The molecule has 2 heterocycles. The minimum atomic E-state index is -2.08. The van der Waals surface area contributed by atoms with Crippen molar-refractivity contribution >= 4 is 35.5 Å². The van der Waals surface area contributed by atoms with E-state index < -0.39 is 40.7 Å². The second kappa shape index (κ2) is 10.2. The van der Waals surface area contributed by atoms with Gasteiger partial charge < -0.3 is 19.5 Å². The number of ether oxygens (including phenoxy) is 3. The largest absolute Gasteiger partial charge is 0.484 e. The number of hydrogen-bond acceptors (Lipinski definition) is 8. The zero-order valence-electron chi connectivity index (χ0n) is 19.1. The Balaban J connectivity index is 1.50. The van der Waals surface area contributed by atoms with E-state index in [0.29, 0.717) is 10.7 Å². The highest BCUT2D eigenvalue weighted by atomic mass is 32.2. The highest BCUT2D eigenvalue weighted by molar-refractivity contribution is 8.03. The first kappa shape index (κ1) is 24.3. The minimum absolute atomic E-state index is 0.0812. The van der Waals surface area contributed by atoms with Crippen LogP contribution in [-0.4, -0.2) is 59.3 Å². The smallest absolute Gasteiger partial charge is 0.348 e. The standard InChI is InChI=1S/C25H24N2O7S/c1-16-13-25(23(30)32-2,24(31)34-14-17-9-5-3-6-10-17)27-21(29)20(22(27)35-16)26-19(28)15-33-18-11-7-4-8-12-18/h3-13,20,22H,14-15H2,1-2H3,(H,26,28)/t20-,22-,25+/m1/s1. The van der Waals surface area contributed by atoms with Crippen LogP contribution in [0.5, 0.6) is 5.75 Å². The molecule has 0 radical (unpaired) electrons. The zero-order valence-corrected chi connectivity index (χ0v) is 19.9. The number of nitrogens with one attached hydrogen (secondary N) is 1. The number of amides is 2. The van der Waals surface area contributed by atoms with Gasteiger partial charge >= 0.3 is 11.9 Å². The number of β-lactam (4-membered cyclic amide) rings is 1. The lowest BCUT2D eigenvalue weighted by molar-refractivity contribution is -0.183. The molecule has 2 aliphatic heterocycles. The van der Waals surface area contributed by atoms with Gasteiger partial charge in [-0.1, -0.05) is 48.5 Å². The van der Waals surface area contributed by atoms with Crippen LogP contribution in [0, 0.1) is 0 Å². The summed E-state index contributed by atoms with van der Waals surface area (Å²) in [6.07, 6.45) is 1.38. The maximum Gasteiger partial charge on any atom is 0.348 e. The molecule has 0 saturated carbocycles. The fraction of sp³-hybridized carbons (Fsp3) is 0.280. The zero-order chi connectivity index (χ0) is 25.0. The second-order valence-corrected chi connectivity index (χ2v) is 9.30. The average Bonchev–Trinajstić information content (AvgIpc) is 2.89. The summed E-state index contributed by atoms with van der Waals surface area (Å²) >= 11 is 1.26. The molecule has 0 bridgehead atoms. The van der Waals surface area contributed by atoms with E-state index in [9.17, 15) is 19.2 Å². The van der Waals surface area contributed by atoms with Crippen LogP contribution in [0.3, 0.4) is 0 Å². The SMILES string of the molecule is COC(=O)[C@]1(C(=O)OCc2ccccc2)C=C(C)S[C@@H]2[C@H](NC(=O)COc3ccccc3)C(=O)N21. The first-order valence-electron chi connectivity index (χ1n) is 10.8. The van der Waals surface area contributed by atoms with Gasteiger partial charge in [0.1, 0.15) is 23.8 Å². The number of allylic oxidation sites excluding steroid dienone is 1. The van der Waals surface area contributed by atoms with Crippen LogP contribution < -0.4 is 10.1 Å². The normalized spacial score (nSPS) is 22.7. The molecule has 3 atom stereocenters. The highest BCUT2D eigenvalue weighted by Crippen LogP contribution is 2.46. The van der Waals surface area contributed by atoms with E-state index in [1.807, 2.05) is 12.1 Å². The average molecular weight is 497 g/mol. The topological polar surface area (TPSA) is 111 Å². The van der Waals surface area contributed by atoms with Crippen molar-refractivity contribution in [3.63, 3.8) is 0 Å². The van der Waals surface area contributed by atoms with Gasteiger partial charge in [0.25, 0.3) is 17.4 Å². The summed E-state index contributed by atoms with van der Waals surface area (Å²) in [5.74, 6) is -2.45. The van der Waals surface area contributed by atoms with Gasteiger partial charge in [0.15, 0.2) is 6.61 Å². The molecule has 0 aromatic heterocycles. The van der Waals surface area contributed by atoms with Gasteiger partial charge in [0.2, 0.25) is 0 Å². The molecule has 2 aromatic rings. The number of nitrogens with zero attached hydrogens (tertiary/aromatic N) is 1. The third kappa shape index (κ3) is 4.74. The van der Waals surface area contributed by atoms with Crippen molar-refractivity contribution in [3.05, 3.63) is 77.2 Å². The molecule has 0 spiro atoms. The molecule has 4 rings (SSSR count). The van der Waals surface area contributed by atoms with Gasteiger partial charge in [-0.25, -0.2) is 9.59 Å². The van der Waals surface area contributed by atoms with Gasteiger partial charge in [-0.05, 0) is 35.6 Å². The van der Waals surface area contributed by atoms with Crippen molar-refractivity contribution < 1.29 is 33.4 Å². The van der Waals surface area contributed by atoms with E-state index in [1.165, 1.54) is 17.8 Å². The van der Waals surface area contributed by atoms with Crippen molar-refractivity contribution in [2.75, 3.05) is 13.7 Å². The number of hydrogen-bond donors (Lipinski definition) is 1. The van der Waals surface area contributed by atoms with Crippen LogP contribution in [0.15, 0.2) is 71.6 Å². The van der Waals surface area contributed by atoms with E-state index in [0.717, 1.165) is 17.6 Å². The molecule has 2 amide bonds. The lowest BCUT2D eigenvalue weighted by Gasteiger charge is -2.54. The summed E-state index contributed by atoms with van der Waals surface area (Å²) in [4.78, 5) is 53.5. The summed E-state index contributed by atoms with van der Waals surface area (Å²) in [7, 11) is 1.14. The summed E-state index contributed by atoms with van der Waals surface area (Å²) in [6, 6.07) is 16.8. The lowest BCUT2D eigenvalue weighted by atomic mass is 9.89. The van der Waals surface area contributed by atoms with Crippen molar-refractivity contribution in [1.82, 2.24) is 10.2 Å². The number of fused-ring (bicyclic) bond motifs is 1.